The number of sulfonamides is 1. The standard InChI is InChI=1S/C22H28N2O5S/c1-3-24(30(26,27)21-12-6-17(2)7-13-21)18-8-10-19(11-9-18)29-16-22(25)23-15-20-5-4-14-28-20/h6-13,20H,3-5,14-16H2,1-2H3,(H,23,25). The zero-order valence-electron chi connectivity index (χ0n) is 17.3. The Morgan fingerprint density at radius 2 is 1.87 bits per heavy atom. The number of rotatable bonds is 9. The van der Waals surface area contributed by atoms with E-state index in [1.54, 1.807) is 55.5 Å². The van der Waals surface area contributed by atoms with E-state index in [1.165, 1.54) is 4.31 Å². The minimum absolute atomic E-state index is 0.0868. The van der Waals surface area contributed by atoms with Crippen molar-refractivity contribution in [1.82, 2.24) is 5.32 Å². The lowest BCUT2D eigenvalue weighted by Gasteiger charge is -2.23. The average Bonchev–Trinajstić information content (AvgIpc) is 3.26. The number of nitrogens with one attached hydrogen (secondary N) is 1. The third-order valence-corrected chi connectivity index (χ3v) is 6.86. The van der Waals surface area contributed by atoms with Crippen molar-refractivity contribution >= 4 is 21.6 Å². The molecular weight excluding hydrogens is 404 g/mol. The van der Waals surface area contributed by atoms with Crippen molar-refractivity contribution in [3.63, 3.8) is 0 Å². The van der Waals surface area contributed by atoms with E-state index in [4.69, 9.17) is 9.47 Å². The number of amides is 1. The molecule has 1 N–H and O–H groups in total. The molecule has 30 heavy (non-hydrogen) atoms. The van der Waals surface area contributed by atoms with Gasteiger partial charge in [-0.05, 0) is 63.1 Å². The molecule has 2 aromatic carbocycles. The van der Waals surface area contributed by atoms with Gasteiger partial charge in [-0.15, -0.1) is 0 Å². The first-order chi connectivity index (χ1) is 14.4. The topological polar surface area (TPSA) is 84.9 Å². The molecule has 1 aliphatic heterocycles. The molecule has 0 radical (unpaired) electrons. The Labute approximate surface area is 178 Å². The molecule has 1 saturated heterocycles. The van der Waals surface area contributed by atoms with Crippen LogP contribution in [0.3, 0.4) is 0 Å². The normalized spacial score (nSPS) is 16.3. The van der Waals surface area contributed by atoms with Crippen molar-refractivity contribution in [1.29, 1.82) is 0 Å². The van der Waals surface area contributed by atoms with Gasteiger partial charge in [0.25, 0.3) is 15.9 Å². The van der Waals surface area contributed by atoms with E-state index in [0.717, 1.165) is 25.0 Å². The van der Waals surface area contributed by atoms with E-state index in [9.17, 15) is 13.2 Å². The predicted octanol–water partition coefficient (Wildman–Crippen LogP) is 2.88. The van der Waals surface area contributed by atoms with E-state index < -0.39 is 10.0 Å². The van der Waals surface area contributed by atoms with E-state index in [-0.39, 0.29) is 23.5 Å². The maximum Gasteiger partial charge on any atom is 0.264 e. The number of hydrogen-bond acceptors (Lipinski definition) is 5. The largest absolute Gasteiger partial charge is 0.484 e. The highest BCUT2D eigenvalue weighted by Crippen LogP contribution is 2.25. The van der Waals surface area contributed by atoms with Crippen molar-refractivity contribution in [2.75, 3.05) is 30.6 Å². The quantitative estimate of drug-likeness (QED) is 0.659. The molecule has 0 aromatic heterocycles. The van der Waals surface area contributed by atoms with Crippen molar-refractivity contribution in [2.24, 2.45) is 0 Å². The number of anilines is 1. The summed E-state index contributed by atoms with van der Waals surface area (Å²) in [5.74, 6) is 0.279. The molecular formula is C22H28N2O5S. The summed E-state index contributed by atoms with van der Waals surface area (Å²) >= 11 is 0. The lowest BCUT2D eigenvalue weighted by molar-refractivity contribution is -0.123. The van der Waals surface area contributed by atoms with E-state index >= 15 is 0 Å². The molecule has 1 amide bonds. The van der Waals surface area contributed by atoms with Crippen molar-refractivity contribution in [3.05, 3.63) is 54.1 Å². The van der Waals surface area contributed by atoms with Crippen LogP contribution in [0.1, 0.15) is 25.3 Å². The summed E-state index contributed by atoms with van der Waals surface area (Å²) in [5, 5.41) is 2.80. The highest BCUT2D eigenvalue weighted by atomic mass is 32.2. The Kier molecular flexibility index (Phi) is 7.33. The lowest BCUT2D eigenvalue weighted by Crippen LogP contribution is -2.35. The Hall–Kier alpha value is -2.58. The van der Waals surface area contributed by atoms with Gasteiger partial charge in [-0.2, -0.15) is 0 Å². The number of nitrogens with zero attached hydrogens (tertiary/aromatic N) is 1. The monoisotopic (exact) mass is 432 g/mol. The van der Waals surface area contributed by atoms with E-state index in [0.29, 0.717) is 24.5 Å². The summed E-state index contributed by atoms with van der Waals surface area (Å²) in [4.78, 5) is 12.2. The van der Waals surface area contributed by atoms with Crippen LogP contribution in [0.4, 0.5) is 5.69 Å². The Balaban J connectivity index is 1.59. The van der Waals surface area contributed by atoms with Crippen LogP contribution in [0.25, 0.3) is 0 Å². The van der Waals surface area contributed by atoms with Crippen molar-refractivity contribution in [2.45, 2.75) is 37.7 Å². The number of ether oxygens (including phenoxy) is 2. The second-order valence-electron chi connectivity index (χ2n) is 7.20. The first-order valence-corrected chi connectivity index (χ1v) is 11.5. The highest BCUT2D eigenvalue weighted by Gasteiger charge is 2.23. The highest BCUT2D eigenvalue weighted by molar-refractivity contribution is 7.92. The van der Waals surface area contributed by atoms with Gasteiger partial charge >= 0.3 is 0 Å². The van der Waals surface area contributed by atoms with Crippen LogP contribution in [0.15, 0.2) is 53.4 Å². The fourth-order valence-electron chi connectivity index (χ4n) is 3.27. The Morgan fingerprint density at radius 3 is 2.47 bits per heavy atom. The van der Waals surface area contributed by atoms with Gasteiger partial charge in [-0.3, -0.25) is 9.10 Å². The van der Waals surface area contributed by atoms with Crippen molar-refractivity contribution < 1.29 is 22.7 Å². The molecule has 8 heteroatoms. The fraction of sp³-hybridized carbons (Fsp3) is 0.409. The van der Waals surface area contributed by atoms with Gasteiger partial charge in [0.1, 0.15) is 5.75 Å². The van der Waals surface area contributed by atoms with Crippen LogP contribution >= 0.6 is 0 Å². The van der Waals surface area contributed by atoms with E-state index in [1.807, 2.05) is 6.92 Å². The summed E-state index contributed by atoms with van der Waals surface area (Å²) in [6.07, 6.45) is 2.07. The Bertz CT molecular complexity index is 936. The number of hydrogen-bond donors (Lipinski definition) is 1. The molecule has 1 atom stereocenters. The third kappa shape index (κ3) is 5.52. The van der Waals surface area contributed by atoms with Gasteiger partial charge in [0.2, 0.25) is 0 Å². The summed E-state index contributed by atoms with van der Waals surface area (Å²) in [7, 11) is -3.66. The average molecular weight is 433 g/mol. The number of benzene rings is 2. The summed E-state index contributed by atoms with van der Waals surface area (Å²) < 4.78 is 38.3. The second-order valence-corrected chi connectivity index (χ2v) is 9.07. The molecule has 0 aliphatic carbocycles. The van der Waals surface area contributed by atoms with Gasteiger partial charge in [-0.1, -0.05) is 17.7 Å². The SMILES string of the molecule is CCN(c1ccc(OCC(=O)NCC2CCCO2)cc1)S(=O)(=O)c1ccc(C)cc1. The van der Waals surface area contributed by atoms with Gasteiger partial charge < -0.3 is 14.8 Å². The van der Waals surface area contributed by atoms with Gasteiger partial charge in [-0.25, -0.2) is 8.42 Å². The zero-order valence-corrected chi connectivity index (χ0v) is 18.2. The zero-order chi connectivity index (χ0) is 21.6. The number of carbonyl (C=O) groups excluding carboxylic acids is 1. The number of aryl methyl sites for hydroxylation is 1. The van der Waals surface area contributed by atoms with Crippen LogP contribution in [0.2, 0.25) is 0 Å². The van der Waals surface area contributed by atoms with Crippen LogP contribution in [0, 0.1) is 6.92 Å². The van der Waals surface area contributed by atoms with E-state index in [2.05, 4.69) is 5.32 Å². The first kappa shape index (κ1) is 22.1. The first-order valence-electron chi connectivity index (χ1n) is 10.1. The molecule has 0 saturated carbocycles. The maximum absolute atomic E-state index is 13.0. The minimum atomic E-state index is -3.66. The van der Waals surface area contributed by atoms with Gasteiger partial charge in [0.05, 0.1) is 16.7 Å². The lowest BCUT2D eigenvalue weighted by atomic mass is 10.2. The summed E-state index contributed by atoms with van der Waals surface area (Å²) in [6.45, 7) is 5.12. The van der Waals surface area contributed by atoms with Crippen LogP contribution in [-0.2, 0) is 19.6 Å². The minimum Gasteiger partial charge on any atom is -0.484 e. The fourth-order valence-corrected chi connectivity index (χ4v) is 4.74. The van der Waals surface area contributed by atoms with Crippen LogP contribution in [-0.4, -0.2) is 46.7 Å². The third-order valence-electron chi connectivity index (χ3n) is 4.94. The molecule has 1 heterocycles. The molecule has 3 rings (SSSR count). The number of carbonyl (C=O) groups is 1. The smallest absolute Gasteiger partial charge is 0.264 e. The molecule has 1 fully saturated rings. The molecule has 7 nitrogen and oxygen atoms in total. The molecule has 1 unspecified atom stereocenters. The van der Waals surface area contributed by atoms with Crippen LogP contribution in [0.5, 0.6) is 5.75 Å². The maximum atomic E-state index is 13.0. The van der Waals surface area contributed by atoms with Crippen molar-refractivity contribution in [3.8, 4) is 5.75 Å². The predicted molar refractivity (Wildman–Crippen MR) is 115 cm³/mol. The molecule has 2 aromatic rings. The molecule has 0 spiro atoms. The second kappa shape index (κ2) is 9.95. The van der Waals surface area contributed by atoms with Gasteiger partial charge in [0.15, 0.2) is 6.61 Å². The van der Waals surface area contributed by atoms with Crippen LogP contribution < -0.4 is 14.4 Å². The summed E-state index contributed by atoms with van der Waals surface area (Å²) in [5.41, 5.74) is 1.53. The summed E-state index contributed by atoms with van der Waals surface area (Å²) in [6, 6.07) is 13.5. The molecule has 1 aliphatic rings. The molecule has 162 valence electrons. The Morgan fingerprint density at radius 1 is 1.17 bits per heavy atom. The van der Waals surface area contributed by atoms with Gasteiger partial charge in [0, 0.05) is 19.7 Å². The molecule has 0 bridgehead atoms.